The number of nitrogens with one attached hydrogen (secondary N) is 2. The Morgan fingerprint density at radius 3 is 2.61 bits per heavy atom. The van der Waals surface area contributed by atoms with Crippen molar-refractivity contribution in [3.63, 3.8) is 0 Å². The molecule has 1 saturated heterocycles. The number of carbonyl (C=O) groups is 2. The van der Waals surface area contributed by atoms with Crippen molar-refractivity contribution in [2.75, 3.05) is 43.4 Å². The Morgan fingerprint density at radius 1 is 1.03 bits per heavy atom. The summed E-state index contributed by atoms with van der Waals surface area (Å²) in [6.07, 6.45) is 1.79. The van der Waals surface area contributed by atoms with Gasteiger partial charge in [0.1, 0.15) is 5.82 Å². The van der Waals surface area contributed by atoms with Crippen molar-refractivity contribution in [2.24, 2.45) is 0 Å². The lowest BCUT2D eigenvalue weighted by atomic mass is 10.1. The summed E-state index contributed by atoms with van der Waals surface area (Å²) < 4.78 is 0. The zero-order valence-electron chi connectivity index (χ0n) is 17.4. The molecule has 31 heavy (non-hydrogen) atoms. The van der Waals surface area contributed by atoms with E-state index in [-0.39, 0.29) is 11.8 Å². The normalized spacial score (nSPS) is 14.3. The summed E-state index contributed by atoms with van der Waals surface area (Å²) in [4.78, 5) is 34.5. The number of thiophene rings is 1. The fourth-order valence-electron chi connectivity index (χ4n) is 3.52. The van der Waals surface area contributed by atoms with Gasteiger partial charge in [-0.15, -0.1) is 0 Å². The first-order valence-electron chi connectivity index (χ1n) is 10.2. The van der Waals surface area contributed by atoms with Gasteiger partial charge in [0, 0.05) is 49.9 Å². The first kappa shape index (κ1) is 21.0. The van der Waals surface area contributed by atoms with Crippen molar-refractivity contribution >= 4 is 34.7 Å². The average Bonchev–Trinajstić information content (AvgIpc) is 3.34. The van der Waals surface area contributed by atoms with Gasteiger partial charge in [0.15, 0.2) is 0 Å². The lowest BCUT2D eigenvalue weighted by Crippen LogP contribution is -2.45. The highest BCUT2D eigenvalue weighted by molar-refractivity contribution is 7.08. The van der Waals surface area contributed by atoms with Gasteiger partial charge in [-0.1, -0.05) is 18.2 Å². The third-order valence-electron chi connectivity index (χ3n) is 5.31. The third-order valence-corrected chi connectivity index (χ3v) is 6.00. The molecule has 1 aliphatic rings. The van der Waals surface area contributed by atoms with E-state index in [0.717, 1.165) is 37.6 Å². The summed E-state index contributed by atoms with van der Waals surface area (Å²) in [6, 6.07) is 12.7. The lowest BCUT2D eigenvalue weighted by molar-refractivity contribution is 0.0952. The molecule has 0 radical (unpaired) electrons. The maximum Gasteiger partial charge on any atom is 0.256 e. The predicted octanol–water partition coefficient (Wildman–Crippen LogP) is 3.08. The van der Waals surface area contributed by atoms with Gasteiger partial charge < -0.3 is 20.4 Å². The van der Waals surface area contributed by atoms with Crippen LogP contribution in [0.4, 0.5) is 11.5 Å². The molecule has 3 heterocycles. The molecule has 160 valence electrons. The molecule has 1 aromatic carbocycles. The van der Waals surface area contributed by atoms with Gasteiger partial charge in [-0.25, -0.2) is 4.98 Å². The van der Waals surface area contributed by atoms with E-state index in [1.807, 2.05) is 17.5 Å². The molecule has 1 fully saturated rings. The zero-order valence-corrected chi connectivity index (χ0v) is 18.2. The molecule has 0 saturated carbocycles. The second-order valence-corrected chi connectivity index (χ2v) is 8.25. The van der Waals surface area contributed by atoms with E-state index in [9.17, 15) is 9.59 Å². The van der Waals surface area contributed by atoms with E-state index in [1.165, 1.54) is 11.3 Å². The van der Waals surface area contributed by atoms with E-state index in [4.69, 9.17) is 0 Å². The zero-order chi connectivity index (χ0) is 21.6. The van der Waals surface area contributed by atoms with Crippen LogP contribution in [0.3, 0.4) is 0 Å². The van der Waals surface area contributed by atoms with Crippen LogP contribution in [-0.2, 0) is 6.54 Å². The predicted molar refractivity (Wildman–Crippen MR) is 124 cm³/mol. The van der Waals surface area contributed by atoms with Gasteiger partial charge in [0.25, 0.3) is 11.8 Å². The molecule has 1 aliphatic heterocycles. The number of hydrogen-bond donors (Lipinski definition) is 2. The van der Waals surface area contributed by atoms with Crippen LogP contribution < -0.4 is 15.5 Å². The maximum absolute atomic E-state index is 12.9. The van der Waals surface area contributed by atoms with Gasteiger partial charge >= 0.3 is 0 Å². The molecule has 8 heteroatoms. The Balaban J connectivity index is 1.45. The summed E-state index contributed by atoms with van der Waals surface area (Å²) in [7, 11) is 2.12. The highest BCUT2D eigenvalue weighted by Crippen LogP contribution is 2.20. The molecule has 0 atom stereocenters. The summed E-state index contributed by atoms with van der Waals surface area (Å²) in [5.41, 5.74) is 2.46. The fourth-order valence-corrected chi connectivity index (χ4v) is 4.16. The minimum Gasteiger partial charge on any atom is -0.354 e. The second-order valence-electron chi connectivity index (χ2n) is 7.47. The highest BCUT2D eigenvalue weighted by atomic mass is 32.1. The Labute approximate surface area is 185 Å². The number of benzene rings is 1. The second kappa shape index (κ2) is 9.72. The molecule has 0 bridgehead atoms. The van der Waals surface area contributed by atoms with Crippen LogP contribution in [0.2, 0.25) is 0 Å². The number of aromatic nitrogens is 1. The van der Waals surface area contributed by atoms with Crippen molar-refractivity contribution in [3.05, 3.63) is 76.1 Å². The third kappa shape index (κ3) is 5.10. The van der Waals surface area contributed by atoms with Crippen molar-refractivity contribution in [1.29, 1.82) is 0 Å². The number of pyridine rings is 1. The van der Waals surface area contributed by atoms with Crippen LogP contribution in [0, 0.1) is 0 Å². The number of rotatable bonds is 6. The van der Waals surface area contributed by atoms with Crippen molar-refractivity contribution in [2.45, 2.75) is 6.54 Å². The van der Waals surface area contributed by atoms with Gasteiger partial charge in [-0.2, -0.15) is 11.3 Å². The SMILES string of the molecule is CN1CCN(c2ncccc2CNC(=O)c2ccccc2NC(=O)c2ccsc2)CC1. The smallest absolute Gasteiger partial charge is 0.256 e. The molecular weight excluding hydrogens is 410 g/mol. The number of anilines is 2. The van der Waals surface area contributed by atoms with Crippen LogP contribution in [-0.4, -0.2) is 54.9 Å². The Kier molecular flexibility index (Phi) is 6.59. The van der Waals surface area contributed by atoms with Gasteiger partial charge in [-0.3, -0.25) is 9.59 Å². The van der Waals surface area contributed by atoms with E-state index in [0.29, 0.717) is 23.4 Å². The molecule has 0 aliphatic carbocycles. The van der Waals surface area contributed by atoms with Crippen molar-refractivity contribution in [1.82, 2.24) is 15.2 Å². The van der Waals surface area contributed by atoms with Crippen molar-refractivity contribution in [3.8, 4) is 0 Å². The average molecular weight is 436 g/mol. The molecule has 3 aromatic rings. The highest BCUT2D eigenvalue weighted by Gasteiger charge is 2.19. The fraction of sp³-hybridized carbons (Fsp3) is 0.261. The summed E-state index contributed by atoms with van der Waals surface area (Å²) in [5, 5.41) is 9.45. The summed E-state index contributed by atoms with van der Waals surface area (Å²) in [6.45, 7) is 4.15. The van der Waals surface area contributed by atoms with Gasteiger partial charge in [-0.05, 0) is 36.7 Å². The molecule has 0 unspecified atom stereocenters. The minimum absolute atomic E-state index is 0.230. The molecule has 2 amide bonds. The first-order valence-corrected chi connectivity index (χ1v) is 11.1. The van der Waals surface area contributed by atoms with Gasteiger partial charge in [0.2, 0.25) is 0 Å². The lowest BCUT2D eigenvalue weighted by Gasteiger charge is -2.34. The Morgan fingerprint density at radius 2 is 1.84 bits per heavy atom. The Bertz CT molecular complexity index is 1050. The first-order chi connectivity index (χ1) is 15.1. The van der Waals surface area contributed by atoms with Crippen molar-refractivity contribution < 1.29 is 9.59 Å². The largest absolute Gasteiger partial charge is 0.354 e. The molecule has 4 rings (SSSR count). The summed E-state index contributed by atoms with van der Waals surface area (Å²) in [5.74, 6) is 0.440. The van der Waals surface area contributed by atoms with E-state index < -0.39 is 0 Å². The maximum atomic E-state index is 12.9. The molecule has 0 spiro atoms. The number of hydrogen-bond acceptors (Lipinski definition) is 6. The number of likely N-dealkylation sites (N-methyl/N-ethyl adjacent to an activating group) is 1. The molecular formula is C23H25N5O2S. The quantitative estimate of drug-likeness (QED) is 0.622. The standard InChI is InChI=1S/C23H25N5O2S/c1-27-10-12-28(13-11-27)21-17(5-4-9-24-21)15-25-23(30)19-6-2-3-7-20(19)26-22(29)18-8-14-31-16-18/h2-9,14,16H,10-13,15H2,1H3,(H,25,30)(H,26,29). The van der Waals surface area contributed by atoms with E-state index >= 15 is 0 Å². The number of para-hydroxylation sites is 1. The van der Waals surface area contributed by atoms with E-state index in [1.54, 1.807) is 41.9 Å². The van der Waals surface area contributed by atoms with E-state index in [2.05, 4.69) is 32.5 Å². The Hall–Kier alpha value is -3.23. The number of amides is 2. The molecule has 2 aromatic heterocycles. The molecule has 2 N–H and O–H groups in total. The van der Waals surface area contributed by atoms with Crippen LogP contribution in [0.5, 0.6) is 0 Å². The number of carbonyl (C=O) groups excluding carboxylic acids is 2. The van der Waals surface area contributed by atoms with Crippen LogP contribution in [0.1, 0.15) is 26.3 Å². The van der Waals surface area contributed by atoms with Crippen LogP contribution in [0.25, 0.3) is 0 Å². The van der Waals surface area contributed by atoms with Gasteiger partial charge in [0.05, 0.1) is 16.8 Å². The topological polar surface area (TPSA) is 77.6 Å². The van der Waals surface area contributed by atoms with Crippen LogP contribution in [0.15, 0.2) is 59.4 Å². The number of nitrogens with zero attached hydrogens (tertiary/aromatic N) is 3. The monoisotopic (exact) mass is 435 g/mol. The van der Waals surface area contributed by atoms with Crippen LogP contribution >= 0.6 is 11.3 Å². The number of piperazine rings is 1. The minimum atomic E-state index is -0.241. The summed E-state index contributed by atoms with van der Waals surface area (Å²) >= 11 is 1.46. The molecule has 7 nitrogen and oxygen atoms in total.